The van der Waals surface area contributed by atoms with Crippen LogP contribution in [0.5, 0.6) is 0 Å². The summed E-state index contributed by atoms with van der Waals surface area (Å²) >= 11 is 5.96. The number of hydrogen-bond donors (Lipinski definition) is 0. The topological polar surface area (TPSA) is 55.4 Å². The van der Waals surface area contributed by atoms with E-state index in [4.69, 9.17) is 11.6 Å². The number of fused-ring (bicyclic) bond motifs is 1. The van der Waals surface area contributed by atoms with Crippen molar-refractivity contribution in [2.45, 2.75) is 25.3 Å². The number of aromatic nitrogens is 4. The van der Waals surface area contributed by atoms with Crippen LogP contribution in [0, 0.1) is 0 Å². The highest BCUT2D eigenvalue weighted by atomic mass is 35.5. The molecule has 4 heterocycles. The smallest absolute Gasteiger partial charge is 0.258 e. The van der Waals surface area contributed by atoms with Crippen molar-refractivity contribution in [1.29, 1.82) is 0 Å². The number of likely N-dealkylation sites (tertiary alicyclic amines) is 1. The van der Waals surface area contributed by atoms with E-state index in [0.29, 0.717) is 23.1 Å². The molecule has 6 nitrogen and oxygen atoms in total. The lowest BCUT2D eigenvalue weighted by molar-refractivity contribution is 0.193. The SMILES string of the molecule is Cn1ccnc1C1CCCN(Cc2cc(=O)n3cc(Cl)ccc3n2)C1. The van der Waals surface area contributed by atoms with Crippen molar-refractivity contribution in [1.82, 2.24) is 23.8 Å². The second-order valence-electron chi connectivity index (χ2n) is 6.63. The molecule has 4 rings (SSSR count). The molecule has 0 spiro atoms. The summed E-state index contributed by atoms with van der Waals surface area (Å²) in [5.41, 5.74) is 1.33. The van der Waals surface area contributed by atoms with Crippen LogP contribution in [0.2, 0.25) is 5.02 Å². The third kappa shape index (κ3) is 3.32. The molecule has 0 aliphatic carbocycles. The quantitative estimate of drug-likeness (QED) is 0.722. The Hall–Kier alpha value is -2.18. The van der Waals surface area contributed by atoms with Crippen LogP contribution >= 0.6 is 11.6 Å². The van der Waals surface area contributed by atoms with Gasteiger partial charge >= 0.3 is 0 Å². The van der Waals surface area contributed by atoms with E-state index in [2.05, 4.69) is 19.4 Å². The molecule has 1 aliphatic rings. The number of piperidine rings is 1. The summed E-state index contributed by atoms with van der Waals surface area (Å²) in [6.45, 7) is 2.63. The Kier molecular flexibility index (Phi) is 4.31. The van der Waals surface area contributed by atoms with Gasteiger partial charge in [-0.05, 0) is 31.5 Å². The first kappa shape index (κ1) is 16.3. The zero-order chi connectivity index (χ0) is 17.4. The third-order valence-electron chi connectivity index (χ3n) is 4.79. The van der Waals surface area contributed by atoms with E-state index in [-0.39, 0.29) is 5.56 Å². The first-order chi connectivity index (χ1) is 12.1. The van der Waals surface area contributed by atoms with Gasteiger partial charge in [0.25, 0.3) is 5.56 Å². The number of hydrogen-bond acceptors (Lipinski definition) is 4. The summed E-state index contributed by atoms with van der Waals surface area (Å²) in [6, 6.07) is 5.14. The van der Waals surface area contributed by atoms with E-state index in [9.17, 15) is 4.79 Å². The summed E-state index contributed by atoms with van der Waals surface area (Å²) in [5, 5.41) is 0.526. The van der Waals surface area contributed by atoms with Gasteiger partial charge in [-0.2, -0.15) is 0 Å². The van der Waals surface area contributed by atoms with Gasteiger partial charge in [-0.1, -0.05) is 11.6 Å². The Bertz CT molecular complexity index is 963. The maximum absolute atomic E-state index is 12.3. The fourth-order valence-electron chi connectivity index (χ4n) is 3.62. The predicted octanol–water partition coefficient (Wildman–Crippen LogP) is 2.46. The van der Waals surface area contributed by atoms with Gasteiger partial charge in [-0.15, -0.1) is 0 Å². The molecule has 1 fully saturated rings. The maximum atomic E-state index is 12.3. The van der Waals surface area contributed by atoms with E-state index in [1.54, 1.807) is 24.4 Å². The standard InChI is InChI=1S/C18H20ClN5O/c1-22-8-6-20-18(22)13-3-2-7-23(10-13)12-15-9-17(25)24-11-14(19)4-5-16(24)21-15/h4-6,8-9,11,13H,2-3,7,10,12H2,1H3. The van der Waals surface area contributed by atoms with Crippen molar-refractivity contribution >= 4 is 17.2 Å². The van der Waals surface area contributed by atoms with E-state index >= 15 is 0 Å². The van der Waals surface area contributed by atoms with Crippen LogP contribution in [0.15, 0.2) is 41.6 Å². The second-order valence-corrected chi connectivity index (χ2v) is 7.07. The molecule has 0 aromatic carbocycles. The van der Waals surface area contributed by atoms with Crippen molar-refractivity contribution in [3.05, 3.63) is 63.7 Å². The predicted molar refractivity (Wildman–Crippen MR) is 96.9 cm³/mol. The van der Waals surface area contributed by atoms with Gasteiger partial charge in [0.05, 0.1) is 10.7 Å². The Balaban J connectivity index is 1.55. The number of halogens is 1. The van der Waals surface area contributed by atoms with E-state index in [1.165, 1.54) is 4.40 Å². The van der Waals surface area contributed by atoms with E-state index in [1.807, 2.05) is 19.4 Å². The van der Waals surface area contributed by atoms with Crippen molar-refractivity contribution in [2.24, 2.45) is 7.05 Å². The lowest BCUT2D eigenvalue weighted by Gasteiger charge is -2.32. The van der Waals surface area contributed by atoms with Gasteiger partial charge in [0.2, 0.25) is 0 Å². The average molecular weight is 358 g/mol. The van der Waals surface area contributed by atoms with Crippen LogP contribution < -0.4 is 5.56 Å². The van der Waals surface area contributed by atoms with Crippen LogP contribution in [0.3, 0.4) is 0 Å². The van der Waals surface area contributed by atoms with Crippen LogP contribution in [-0.2, 0) is 13.6 Å². The summed E-state index contributed by atoms with van der Waals surface area (Å²) in [7, 11) is 2.04. The molecule has 0 N–H and O–H groups in total. The Morgan fingerprint density at radius 2 is 2.24 bits per heavy atom. The van der Waals surface area contributed by atoms with Crippen molar-refractivity contribution in [3.8, 4) is 0 Å². The molecule has 3 aromatic rings. The number of imidazole rings is 1. The molecule has 1 atom stereocenters. The summed E-state index contributed by atoms with van der Waals surface area (Å²) in [5.74, 6) is 1.56. The Labute approximate surface area is 150 Å². The van der Waals surface area contributed by atoms with E-state index < -0.39 is 0 Å². The molecule has 7 heteroatoms. The van der Waals surface area contributed by atoms with Crippen LogP contribution in [0.25, 0.3) is 5.65 Å². The first-order valence-electron chi connectivity index (χ1n) is 8.47. The first-order valence-corrected chi connectivity index (χ1v) is 8.85. The van der Waals surface area contributed by atoms with Gasteiger partial charge in [-0.25, -0.2) is 9.97 Å². The zero-order valence-corrected chi connectivity index (χ0v) is 14.9. The van der Waals surface area contributed by atoms with Crippen molar-refractivity contribution < 1.29 is 0 Å². The van der Waals surface area contributed by atoms with Crippen molar-refractivity contribution in [3.63, 3.8) is 0 Å². The van der Waals surface area contributed by atoms with Gasteiger partial charge < -0.3 is 4.57 Å². The van der Waals surface area contributed by atoms with Gasteiger partial charge in [0, 0.05) is 50.7 Å². The van der Waals surface area contributed by atoms with Crippen molar-refractivity contribution in [2.75, 3.05) is 13.1 Å². The van der Waals surface area contributed by atoms with Gasteiger partial charge in [0.1, 0.15) is 11.5 Å². The lowest BCUT2D eigenvalue weighted by Crippen LogP contribution is -2.35. The highest BCUT2D eigenvalue weighted by molar-refractivity contribution is 6.30. The average Bonchev–Trinajstić information content (AvgIpc) is 3.02. The molecule has 1 saturated heterocycles. The molecule has 0 saturated carbocycles. The number of aryl methyl sites for hydroxylation is 1. The number of rotatable bonds is 3. The molecule has 1 unspecified atom stereocenters. The monoisotopic (exact) mass is 357 g/mol. The lowest BCUT2D eigenvalue weighted by atomic mass is 9.97. The molecule has 25 heavy (non-hydrogen) atoms. The molecule has 3 aromatic heterocycles. The summed E-state index contributed by atoms with van der Waals surface area (Å²) in [4.78, 5) is 23.8. The second kappa shape index (κ2) is 6.61. The summed E-state index contributed by atoms with van der Waals surface area (Å²) < 4.78 is 3.58. The Morgan fingerprint density at radius 3 is 3.04 bits per heavy atom. The molecule has 0 bridgehead atoms. The maximum Gasteiger partial charge on any atom is 0.258 e. The number of nitrogens with zero attached hydrogens (tertiary/aromatic N) is 5. The molecule has 130 valence electrons. The molecule has 1 aliphatic heterocycles. The van der Waals surface area contributed by atoms with Gasteiger partial charge in [0.15, 0.2) is 0 Å². The van der Waals surface area contributed by atoms with E-state index in [0.717, 1.165) is 37.4 Å². The van der Waals surface area contributed by atoms with Crippen LogP contribution in [0.4, 0.5) is 0 Å². The highest BCUT2D eigenvalue weighted by Crippen LogP contribution is 2.26. The summed E-state index contributed by atoms with van der Waals surface area (Å²) in [6.07, 6.45) is 7.72. The Morgan fingerprint density at radius 1 is 1.36 bits per heavy atom. The minimum atomic E-state index is -0.0971. The normalized spacial score (nSPS) is 18.7. The van der Waals surface area contributed by atoms with Crippen LogP contribution in [-0.4, -0.2) is 36.9 Å². The molecular formula is C18H20ClN5O. The molecular weight excluding hydrogens is 338 g/mol. The zero-order valence-electron chi connectivity index (χ0n) is 14.1. The fourth-order valence-corrected chi connectivity index (χ4v) is 3.78. The number of pyridine rings is 1. The van der Waals surface area contributed by atoms with Gasteiger partial charge in [-0.3, -0.25) is 14.1 Å². The minimum absolute atomic E-state index is 0.0971. The highest BCUT2D eigenvalue weighted by Gasteiger charge is 2.24. The molecule has 0 amide bonds. The van der Waals surface area contributed by atoms with Crippen LogP contribution in [0.1, 0.15) is 30.3 Å². The largest absolute Gasteiger partial charge is 0.338 e. The minimum Gasteiger partial charge on any atom is -0.338 e. The third-order valence-corrected chi connectivity index (χ3v) is 5.01. The molecule has 0 radical (unpaired) electrons. The fraction of sp³-hybridized carbons (Fsp3) is 0.389.